The van der Waals surface area contributed by atoms with Crippen LogP contribution in [0, 0.1) is 0 Å². The van der Waals surface area contributed by atoms with Gasteiger partial charge in [0.1, 0.15) is 0 Å². The van der Waals surface area contributed by atoms with Crippen LogP contribution in [0.1, 0.15) is 0 Å². The summed E-state index contributed by atoms with van der Waals surface area (Å²) in [6.07, 6.45) is 15.8. The second kappa shape index (κ2) is 4.39. The second-order valence-corrected chi connectivity index (χ2v) is 2.64. The molecular formula is C11H13N. The van der Waals surface area contributed by atoms with E-state index in [9.17, 15) is 0 Å². The molecule has 0 fully saturated rings. The monoisotopic (exact) mass is 159 g/mol. The van der Waals surface area contributed by atoms with Crippen LogP contribution in [0.3, 0.4) is 0 Å². The minimum absolute atomic E-state index is 1.01. The van der Waals surface area contributed by atoms with E-state index in [4.69, 9.17) is 0 Å². The van der Waals surface area contributed by atoms with Gasteiger partial charge in [-0.2, -0.15) is 0 Å². The highest BCUT2D eigenvalue weighted by Gasteiger charge is 1.82. The lowest BCUT2D eigenvalue weighted by molar-refractivity contribution is 0.626. The van der Waals surface area contributed by atoms with Crippen LogP contribution >= 0.6 is 0 Å². The molecule has 0 saturated heterocycles. The summed E-state index contributed by atoms with van der Waals surface area (Å²) < 4.78 is 0. The highest BCUT2D eigenvalue weighted by Crippen LogP contribution is 1.98. The molecule has 1 aliphatic heterocycles. The first-order chi connectivity index (χ1) is 5.79. The zero-order chi connectivity index (χ0) is 8.81. The Labute approximate surface area is 73.7 Å². The van der Waals surface area contributed by atoms with Crippen molar-refractivity contribution in [2.24, 2.45) is 0 Å². The smallest absolute Gasteiger partial charge is 0.0106 e. The van der Waals surface area contributed by atoms with Gasteiger partial charge in [0.05, 0.1) is 0 Å². The fourth-order valence-electron chi connectivity index (χ4n) is 0.834. The molecule has 0 N–H and O–H groups in total. The van der Waals surface area contributed by atoms with E-state index >= 15 is 0 Å². The van der Waals surface area contributed by atoms with Crippen LogP contribution in [0.2, 0.25) is 0 Å². The van der Waals surface area contributed by atoms with Crippen LogP contribution < -0.4 is 0 Å². The van der Waals surface area contributed by atoms with Crippen molar-refractivity contribution in [2.45, 2.75) is 0 Å². The summed E-state index contributed by atoms with van der Waals surface area (Å²) in [6, 6.07) is 0. The maximum Gasteiger partial charge on any atom is 0.0106 e. The Morgan fingerprint density at radius 2 is 1.50 bits per heavy atom. The Morgan fingerprint density at radius 3 is 2.00 bits per heavy atom. The largest absolute Gasteiger partial charge is 0.357 e. The number of nitrogens with zero attached hydrogens (tertiary/aromatic N) is 1. The van der Waals surface area contributed by atoms with Gasteiger partial charge >= 0.3 is 0 Å². The maximum atomic E-state index is 3.85. The number of hydrogen-bond acceptors (Lipinski definition) is 1. The quantitative estimate of drug-likeness (QED) is 0.525. The normalized spacial score (nSPS) is 27.8. The highest BCUT2D eigenvalue weighted by atomic mass is 15.0. The van der Waals surface area contributed by atoms with E-state index in [0.717, 1.165) is 5.57 Å². The molecule has 1 heterocycles. The molecule has 62 valence electrons. The third-order valence-electron chi connectivity index (χ3n) is 1.49. The van der Waals surface area contributed by atoms with Crippen molar-refractivity contribution in [2.75, 3.05) is 7.05 Å². The van der Waals surface area contributed by atoms with Gasteiger partial charge in [-0.3, -0.25) is 0 Å². The van der Waals surface area contributed by atoms with Crippen molar-refractivity contribution in [3.63, 3.8) is 0 Å². The van der Waals surface area contributed by atoms with Gasteiger partial charge in [-0.05, 0) is 17.7 Å². The summed E-state index contributed by atoms with van der Waals surface area (Å²) in [4.78, 5) is 1.99. The Morgan fingerprint density at radius 1 is 1.00 bits per heavy atom. The number of rotatable bonds is 0. The first kappa shape index (κ1) is 8.60. The van der Waals surface area contributed by atoms with Gasteiger partial charge in [0, 0.05) is 19.4 Å². The Hall–Kier alpha value is -1.50. The summed E-state index contributed by atoms with van der Waals surface area (Å²) in [5.41, 5.74) is 1.01. The van der Waals surface area contributed by atoms with Crippen molar-refractivity contribution >= 4 is 0 Å². The minimum atomic E-state index is 1.01. The van der Waals surface area contributed by atoms with Crippen molar-refractivity contribution in [3.05, 3.63) is 61.0 Å². The van der Waals surface area contributed by atoms with Crippen LogP contribution in [-0.4, -0.2) is 11.9 Å². The molecule has 0 amide bonds. The molecule has 0 aromatic carbocycles. The molecule has 0 atom stereocenters. The Kier molecular flexibility index (Phi) is 3.15. The van der Waals surface area contributed by atoms with Gasteiger partial charge in [-0.1, -0.05) is 30.9 Å². The van der Waals surface area contributed by atoms with Crippen LogP contribution in [0.4, 0.5) is 0 Å². The van der Waals surface area contributed by atoms with Crippen LogP contribution in [0.15, 0.2) is 61.0 Å². The van der Waals surface area contributed by atoms with E-state index in [1.165, 1.54) is 0 Å². The maximum absolute atomic E-state index is 3.85. The molecule has 1 rings (SSSR count). The molecular weight excluding hydrogens is 146 g/mol. The lowest BCUT2D eigenvalue weighted by Gasteiger charge is -2.05. The summed E-state index contributed by atoms with van der Waals surface area (Å²) in [6.45, 7) is 3.85. The molecule has 0 unspecified atom stereocenters. The fourth-order valence-corrected chi connectivity index (χ4v) is 0.834. The average molecular weight is 159 g/mol. The molecule has 0 aromatic heterocycles. The van der Waals surface area contributed by atoms with E-state index in [1.54, 1.807) is 0 Å². The van der Waals surface area contributed by atoms with Gasteiger partial charge in [0.2, 0.25) is 0 Å². The summed E-state index contributed by atoms with van der Waals surface area (Å²) in [5.74, 6) is 0. The predicted octanol–water partition coefficient (Wildman–Crippen LogP) is 2.63. The molecule has 1 heteroatoms. The average Bonchev–Trinajstić information content (AvgIpc) is 2.06. The SMILES string of the molecule is C=C1/C=C\C=C/N(C)/C=C\C=C/1. The second-order valence-electron chi connectivity index (χ2n) is 2.64. The van der Waals surface area contributed by atoms with Crippen LogP contribution in [-0.2, 0) is 0 Å². The van der Waals surface area contributed by atoms with Gasteiger partial charge < -0.3 is 4.90 Å². The third kappa shape index (κ3) is 3.06. The number of allylic oxidation sites excluding steroid dienone is 7. The summed E-state index contributed by atoms with van der Waals surface area (Å²) >= 11 is 0. The molecule has 0 aliphatic carbocycles. The summed E-state index contributed by atoms with van der Waals surface area (Å²) in [7, 11) is 1.99. The van der Waals surface area contributed by atoms with E-state index in [-0.39, 0.29) is 0 Å². The van der Waals surface area contributed by atoms with Crippen LogP contribution in [0.5, 0.6) is 0 Å². The topological polar surface area (TPSA) is 3.24 Å². The van der Waals surface area contributed by atoms with Crippen molar-refractivity contribution in [1.29, 1.82) is 0 Å². The molecule has 0 radical (unpaired) electrons. The van der Waals surface area contributed by atoms with E-state index < -0.39 is 0 Å². The minimum Gasteiger partial charge on any atom is -0.357 e. The zero-order valence-corrected chi connectivity index (χ0v) is 7.27. The molecule has 0 saturated carbocycles. The molecule has 12 heavy (non-hydrogen) atoms. The fraction of sp³-hybridized carbons (Fsp3) is 0.0909. The zero-order valence-electron chi connectivity index (χ0n) is 7.27. The first-order valence-electron chi connectivity index (χ1n) is 3.89. The third-order valence-corrected chi connectivity index (χ3v) is 1.49. The van der Waals surface area contributed by atoms with Crippen molar-refractivity contribution in [1.82, 2.24) is 4.90 Å². The molecule has 1 nitrogen and oxygen atoms in total. The molecule has 0 spiro atoms. The number of hydrogen-bond donors (Lipinski definition) is 0. The van der Waals surface area contributed by atoms with Gasteiger partial charge in [-0.15, -0.1) is 0 Å². The van der Waals surface area contributed by atoms with E-state index in [1.807, 2.05) is 60.8 Å². The molecule has 0 aromatic rings. The highest BCUT2D eigenvalue weighted by molar-refractivity contribution is 5.31. The lowest BCUT2D eigenvalue weighted by Crippen LogP contribution is -1.98. The van der Waals surface area contributed by atoms with Crippen molar-refractivity contribution < 1.29 is 0 Å². The van der Waals surface area contributed by atoms with E-state index in [2.05, 4.69) is 6.58 Å². The molecule has 0 bridgehead atoms. The summed E-state index contributed by atoms with van der Waals surface area (Å²) in [5, 5.41) is 0. The standard InChI is InChI=1S/C11H13N/c1-11-7-3-5-9-12(2)10-6-4-8-11/h3-10H,1H2,2H3/b7-3-,8-4-,9-5-,10-6-. The van der Waals surface area contributed by atoms with Gasteiger partial charge in [-0.25, -0.2) is 0 Å². The Bertz CT molecular complexity index is 241. The van der Waals surface area contributed by atoms with Gasteiger partial charge in [0.25, 0.3) is 0 Å². The molecule has 1 aliphatic rings. The Balaban J connectivity index is 2.77. The first-order valence-corrected chi connectivity index (χ1v) is 3.89. The van der Waals surface area contributed by atoms with Gasteiger partial charge in [0.15, 0.2) is 0 Å². The predicted molar refractivity (Wildman–Crippen MR) is 53.5 cm³/mol. The van der Waals surface area contributed by atoms with Crippen LogP contribution in [0.25, 0.3) is 0 Å². The van der Waals surface area contributed by atoms with Crippen molar-refractivity contribution in [3.8, 4) is 0 Å². The lowest BCUT2D eigenvalue weighted by atomic mass is 10.2. The van der Waals surface area contributed by atoms with E-state index in [0.29, 0.717) is 0 Å².